The van der Waals surface area contributed by atoms with Crippen LogP contribution < -0.4 is 0 Å². The van der Waals surface area contributed by atoms with E-state index < -0.39 is 0 Å². The van der Waals surface area contributed by atoms with Gasteiger partial charge in [0.25, 0.3) is 5.91 Å². The Morgan fingerprint density at radius 3 is 2.46 bits per heavy atom. The van der Waals surface area contributed by atoms with E-state index in [1.807, 2.05) is 4.90 Å². The van der Waals surface area contributed by atoms with Crippen LogP contribution in [0.2, 0.25) is 0 Å². The third-order valence-electron chi connectivity index (χ3n) is 8.12. The Morgan fingerprint density at radius 2 is 1.79 bits per heavy atom. The summed E-state index contributed by atoms with van der Waals surface area (Å²) in [6.45, 7) is 5.35. The Bertz CT molecular complexity index is 747. The van der Waals surface area contributed by atoms with Crippen molar-refractivity contribution in [1.82, 2.24) is 14.7 Å². The number of carbonyl (C=O) groups excluding carboxylic acids is 2. The molecular weight excluding hydrogens is 354 g/mol. The zero-order valence-corrected chi connectivity index (χ0v) is 16.9. The second-order valence-corrected chi connectivity index (χ2v) is 9.54. The standard InChI is InChI=1S/C22H31N3O3/c1-23-15-18-21(6-7-22(18,16-23)20(27)25-10-2-3-11-25)8-12-24(13-9-21)19(26)17-5-4-14-28-17/h4-5,14,18H,2-3,6-13,15-16H2,1H3/t18-,22+/m0/s1. The maximum absolute atomic E-state index is 13.6. The molecule has 6 heteroatoms. The highest BCUT2D eigenvalue weighted by molar-refractivity contribution is 5.91. The number of likely N-dealkylation sites (tertiary alicyclic amines) is 3. The first-order valence-electron chi connectivity index (χ1n) is 10.8. The summed E-state index contributed by atoms with van der Waals surface area (Å²) in [6.07, 6.45) is 8.02. The first kappa shape index (κ1) is 18.2. The fraction of sp³-hybridized carbons (Fsp3) is 0.727. The Balaban J connectivity index is 1.34. The van der Waals surface area contributed by atoms with Crippen LogP contribution in [0.3, 0.4) is 0 Å². The maximum atomic E-state index is 13.6. The quantitative estimate of drug-likeness (QED) is 0.785. The van der Waals surface area contributed by atoms with E-state index in [0.717, 1.165) is 77.8 Å². The molecule has 4 fully saturated rings. The third-order valence-corrected chi connectivity index (χ3v) is 8.12. The largest absolute Gasteiger partial charge is 0.459 e. The van der Waals surface area contributed by atoms with Gasteiger partial charge in [0.05, 0.1) is 11.7 Å². The molecule has 4 aliphatic rings. The number of amides is 2. The van der Waals surface area contributed by atoms with Gasteiger partial charge in [0.15, 0.2) is 5.76 Å². The lowest BCUT2D eigenvalue weighted by molar-refractivity contribution is -0.142. The molecule has 2 atom stereocenters. The van der Waals surface area contributed by atoms with Crippen LogP contribution in [0, 0.1) is 16.7 Å². The second-order valence-electron chi connectivity index (χ2n) is 9.54. The van der Waals surface area contributed by atoms with Crippen molar-refractivity contribution in [2.45, 2.75) is 38.5 Å². The van der Waals surface area contributed by atoms with Crippen molar-refractivity contribution in [2.75, 3.05) is 46.3 Å². The summed E-state index contributed by atoms with van der Waals surface area (Å²) in [4.78, 5) is 32.7. The van der Waals surface area contributed by atoms with E-state index in [-0.39, 0.29) is 16.7 Å². The molecule has 1 saturated carbocycles. The number of piperidine rings is 1. The summed E-state index contributed by atoms with van der Waals surface area (Å²) < 4.78 is 5.31. The predicted molar refractivity (Wildman–Crippen MR) is 105 cm³/mol. The molecule has 1 aromatic rings. The summed E-state index contributed by atoms with van der Waals surface area (Å²) >= 11 is 0. The first-order valence-corrected chi connectivity index (χ1v) is 10.8. The molecule has 1 aliphatic carbocycles. The van der Waals surface area contributed by atoms with E-state index in [9.17, 15) is 9.59 Å². The number of rotatable bonds is 2. The lowest BCUT2D eigenvalue weighted by Gasteiger charge is -2.44. The fourth-order valence-corrected chi connectivity index (χ4v) is 6.69. The molecule has 152 valence electrons. The zero-order chi connectivity index (χ0) is 19.4. The minimum Gasteiger partial charge on any atom is -0.459 e. The van der Waals surface area contributed by atoms with Crippen molar-refractivity contribution in [3.05, 3.63) is 24.2 Å². The molecule has 0 N–H and O–H groups in total. The van der Waals surface area contributed by atoms with Gasteiger partial charge >= 0.3 is 0 Å². The van der Waals surface area contributed by atoms with Crippen LogP contribution >= 0.6 is 0 Å². The molecule has 1 spiro atoms. The van der Waals surface area contributed by atoms with Crippen molar-refractivity contribution >= 4 is 11.8 Å². The number of furan rings is 1. The Hall–Kier alpha value is -1.82. The highest BCUT2D eigenvalue weighted by Gasteiger charge is 2.64. The maximum Gasteiger partial charge on any atom is 0.289 e. The molecular formula is C22H31N3O3. The highest BCUT2D eigenvalue weighted by Crippen LogP contribution is 2.62. The van der Waals surface area contributed by atoms with Crippen molar-refractivity contribution in [1.29, 1.82) is 0 Å². The molecule has 28 heavy (non-hydrogen) atoms. The number of hydrogen-bond acceptors (Lipinski definition) is 4. The average molecular weight is 386 g/mol. The van der Waals surface area contributed by atoms with E-state index in [0.29, 0.717) is 17.6 Å². The Kier molecular flexibility index (Phi) is 4.30. The monoisotopic (exact) mass is 385 g/mol. The molecule has 4 heterocycles. The normalized spacial score (nSPS) is 32.2. The van der Waals surface area contributed by atoms with Crippen molar-refractivity contribution < 1.29 is 14.0 Å². The van der Waals surface area contributed by atoms with E-state index in [1.165, 1.54) is 0 Å². The van der Waals surface area contributed by atoms with Crippen LogP contribution in [-0.2, 0) is 4.79 Å². The third kappa shape index (κ3) is 2.64. The second kappa shape index (κ2) is 6.61. The molecule has 1 aromatic heterocycles. The topological polar surface area (TPSA) is 57.0 Å². The number of fused-ring (bicyclic) bond motifs is 2. The van der Waals surface area contributed by atoms with E-state index in [4.69, 9.17) is 4.42 Å². The summed E-state index contributed by atoms with van der Waals surface area (Å²) in [6, 6.07) is 3.51. The molecule has 2 amide bonds. The minimum absolute atomic E-state index is 0.000735. The smallest absolute Gasteiger partial charge is 0.289 e. The van der Waals surface area contributed by atoms with E-state index >= 15 is 0 Å². The van der Waals surface area contributed by atoms with Gasteiger partial charge in [0.1, 0.15) is 0 Å². The zero-order valence-electron chi connectivity index (χ0n) is 16.9. The summed E-state index contributed by atoms with van der Waals surface area (Å²) in [7, 11) is 2.17. The van der Waals surface area contributed by atoms with Crippen LogP contribution in [0.1, 0.15) is 49.1 Å². The number of nitrogens with zero attached hydrogens (tertiary/aromatic N) is 3. The molecule has 3 saturated heterocycles. The lowest BCUT2D eigenvalue weighted by atomic mass is 9.65. The van der Waals surface area contributed by atoms with Crippen LogP contribution in [0.5, 0.6) is 0 Å². The van der Waals surface area contributed by atoms with Crippen molar-refractivity contribution in [3.63, 3.8) is 0 Å². The molecule has 0 aromatic carbocycles. The fourth-order valence-electron chi connectivity index (χ4n) is 6.69. The van der Waals surface area contributed by atoms with Gasteiger partial charge < -0.3 is 19.1 Å². The molecule has 6 nitrogen and oxygen atoms in total. The van der Waals surface area contributed by atoms with Crippen LogP contribution in [0.15, 0.2) is 22.8 Å². The molecule has 0 radical (unpaired) electrons. The van der Waals surface area contributed by atoms with Crippen molar-refractivity contribution in [3.8, 4) is 0 Å². The van der Waals surface area contributed by atoms with Crippen LogP contribution in [-0.4, -0.2) is 72.8 Å². The SMILES string of the molecule is CN1C[C@H]2C3(CCN(C(=O)c4ccco4)CC3)CC[C@@]2(C(=O)N2CCCC2)C1. The summed E-state index contributed by atoms with van der Waals surface area (Å²) in [5.74, 6) is 1.28. The predicted octanol–water partition coefficient (Wildman–Crippen LogP) is 2.47. The molecule has 5 rings (SSSR count). The minimum atomic E-state index is -0.188. The van der Waals surface area contributed by atoms with Gasteiger partial charge in [-0.05, 0) is 69.0 Å². The van der Waals surface area contributed by atoms with Crippen molar-refractivity contribution in [2.24, 2.45) is 16.7 Å². The van der Waals surface area contributed by atoms with Gasteiger partial charge in [-0.15, -0.1) is 0 Å². The molecule has 3 aliphatic heterocycles. The van der Waals surface area contributed by atoms with E-state index in [2.05, 4.69) is 16.8 Å². The summed E-state index contributed by atoms with van der Waals surface area (Å²) in [5.41, 5.74) is 0.0202. The summed E-state index contributed by atoms with van der Waals surface area (Å²) in [5, 5.41) is 0. The molecule has 0 bridgehead atoms. The van der Waals surface area contributed by atoms with Gasteiger partial charge in [0, 0.05) is 39.3 Å². The number of carbonyl (C=O) groups is 2. The van der Waals surface area contributed by atoms with Crippen LogP contribution in [0.4, 0.5) is 0 Å². The van der Waals surface area contributed by atoms with Gasteiger partial charge in [-0.2, -0.15) is 0 Å². The van der Waals surface area contributed by atoms with Gasteiger partial charge in [-0.25, -0.2) is 0 Å². The lowest BCUT2D eigenvalue weighted by Crippen LogP contribution is -2.50. The van der Waals surface area contributed by atoms with Gasteiger partial charge in [-0.3, -0.25) is 9.59 Å². The Morgan fingerprint density at radius 1 is 1.04 bits per heavy atom. The average Bonchev–Trinajstić information content (AvgIpc) is 3.48. The van der Waals surface area contributed by atoms with Gasteiger partial charge in [-0.1, -0.05) is 0 Å². The first-order chi connectivity index (χ1) is 13.5. The van der Waals surface area contributed by atoms with E-state index in [1.54, 1.807) is 18.4 Å². The Labute approximate surface area is 166 Å². The van der Waals surface area contributed by atoms with Gasteiger partial charge in [0.2, 0.25) is 5.91 Å². The molecule has 0 unspecified atom stereocenters. The number of hydrogen-bond donors (Lipinski definition) is 0. The van der Waals surface area contributed by atoms with Crippen LogP contribution in [0.25, 0.3) is 0 Å². The highest BCUT2D eigenvalue weighted by atomic mass is 16.3.